The van der Waals surface area contributed by atoms with E-state index in [1.54, 1.807) is 7.11 Å². The van der Waals surface area contributed by atoms with E-state index in [0.29, 0.717) is 11.5 Å². The van der Waals surface area contributed by atoms with Crippen molar-refractivity contribution in [2.24, 2.45) is 5.41 Å². The van der Waals surface area contributed by atoms with Crippen molar-refractivity contribution in [1.29, 1.82) is 0 Å². The third-order valence-corrected chi connectivity index (χ3v) is 3.20. The van der Waals surface area contributed by atoms with E-state index in [1.165, 1.54) is 19.3 Å². The van der Waals surface area contributed by atoms with Crippen LogP contribution in [0.3, 0.4) is 0 Å². The molecular formula is C10H19NO2. The maximum atomic E-state index is 5.11. The lowest BCUT2D eigenvalue weighted by Crippen LogP contribution is -2.47. The van der Waals surface area contributed by atoms with Crippen LogP contribution in [0.2, 0.25) is 0 Å². The molecule has 0 aromatic rings. The fourth-order valence-electron chi connectivity index (χ4n) is 1.72. The summed E-state index contributed by atoms with van der Waals surface area (Å²) in [5.41, 5.74) is 0.575. The van der Waals surface area contributed by atoms with E-state index in [0.717, 1.165) is 26.4 Å². The quantitative estimate of drug-likeness (QED) is 0.663. The average molecular weight is 185 g/mol. The Morgan fingerprint density at radius 3 is 2.69 bits per heavy atom. The maximum Gasteiger partial charge on any atom is 0.0643 e. The molecule has 0 spiro atoms. The van der Waals surface area contributed by atoms with E-state index in [2.05, 4.69) is 5.32 Å². The summed E-state index contributed by atoms with van der Waals surface area (Å²) in [6.07, 6.45) is 3.96. The Labute approximate surface area is 79.8 Å². The molecule has 0 bridgehead atoms. The van der Waals surface area contributed by atoms with Gasteiger partial charge in [0.25, 0.3) is 0 Å². The van der Waals surface area contributed by atoms with Crippen LogP contribution in [0.15, 0.2) is 0 Å². The van der Waals surface area contributed by atoms with E-state index in [-0.39, 0.29) is 0 Å². The number of nitrogens with one attached hydrogen (secondary N) is 1. The van der Waals surface area contributed by atoms with Gasteiger partial charge in [-0.1, -0.05) is 0 Å². The highest BCUT2D eigenvalue weighted by Gasteiger charge is 2.42. The normalized spacial score (nSPS) is 25.6. The highest BCUT2D eigenvalue weighted by atomic mass is 16.5. The van der Waals surface area contributed by atoms with Gasteiger partial charge in [-0.15, -0.1) is 0 Å². The fraction of sp³-hybridized carbons (Fsp3) is 1.00. The maximum absolute atomic E-state index is 5.11. The van der Waals surface area contributed by atoms with E-state index >= 15 is 0 Å². The van der Waals surface area contributed by atoms with Gasteiger partial charge in [0.2, 0.25) is 0 Å². The van der Waals surface area contributed by atoms with Crippen LogP contribution in [0.1, 0.15) is 19.3 Å². The van der Waals surface area contributed by atoms with E-state index in [9.17, 15) is 0 Å². The lowest BCUT2D eigenvalue weighted by Gasteiger charge is -2.29. The van der Waals surface area contributed by atoms with Gasteiger partial charge in [-0.25, -0.2) is 0 Å². The second-order valence-electron chi connectivity index (χ2n) is 4.36. The minimum atomic E-state index is 0.575. The van der Waals surface area contributed by atoms with Crippen molar-refractivity contribution in [1.82, 2.24) is 5.32 Å². The van der Waals surface area contributed by atoms with Crippen LogP contribution in [0.4, 0.5) is 0 Å². The Balaban J connectivity index is 1.61. The summed E-state index contributed by atoms with van der Waals surface area (Å²) in [5.74, 6) is 0. The molecule has 3 heteroatoms. The highest BCUT2D eigenvalue weighted by molar-refractivity contribution is 4.95. The van der Waals surface area contributed by atoms with Gasteiger partial charge < -0.3 is 14.8 Å². The molecule has 1 heterocycles. The fourth-order valence-corrected chi connectivity index (χ4v) is 1.72. The van der Waals surface area contributed by atoms with Gasteiger partial charge in [0.05, 0.1) is 19.3 Å². The minimum absolute atomic E-state index is 0.575. The third-order valence-electron chi connectivity index (χ3n) is 3.20. The summed E-state index contributed by atoms with van der Waals surface area (Å²) >= 11 is 0. The average Bonchev–Trinajstić information content (AvgIpc) is 2.80. The molecular weight excluding hydrogens is 166 g/mol. The summed E-state index contributed by atoms with van der Waals surface area (Å²) in [4.78, 5) is 0. The van der Waals surface area contributed by atoms with Crippen molar-refractivity contribution in [3.63, 3.8) is 0 Å². The van der Waals surface area contributed by atoms with Gasteiger partial charge >= 0.3 is 0 Å². The molecule has 3 nitrogen and oxygen atoms in total. The molecule has 1 N–H and O–H groups in total. The van der Waals surface area contributed by atoms with Gasteiger partial charge in [-0.2, -0.15) is 0 Å². The molecule has 13 heavy (non-hydrogen) atoms. The highest BCUT2D eigenvalue weighted by Crippen LogP contribution is 2.48. The summed E-state index contributed by atoms with van der Waals surface area (Å²) in [7, 11) is 1.78. The van der Waals surface area contributed by atoms with Gasteiger partial charge in [-0.05, 0) is 24.7 Å². The minimum Gasteiger partial charge on any atom is -0.385 e. The van der Waals surface area contributed by atoms with Crippen molar-refractivity contribution in [2.45, 2.75) is 25.3 Å². The van der Waals surface area contributed by atoms with Crippen LogP contribution in [-0.2, 0) is 9.47 Å². The molecule has 76 valence electrons. The molecule has 2 aliphatic rings. The molecule has 2 rings (SSSR count). The topological polar surface area (TPSA) is 30.5 Å². The molecule has 0 amide bonds. The Morgan fingerprint density at radius 2 is 2.23 bits per heavy atom. The molecule has 0 atom stereocenters. The molecule has 0 aromatic heterocycles. The van der Waals surface area contributed by atoms with Crippen molar-refractivity contribution in [3.8, 4) is 0 Å². The first kappa shape index (κ1) is 9.44. The summed E-state index contributed by atoms with van der Waals surface area (Å²) in [6, 6.07) is 0.625. The van der Waals surface area contributed by atoms with E-state index < -0.39 is 0 Å². The molecule has 0 unspecified atom stereocenters. The van der Waals surface area contributed by atoms with Crippen LogP contribution in [0, 0.1) is 5.41 Å². The lowest BCUT2D eigenvalue weighted by atomic mass is 10.0. The second kappa shape index (κ2) is 3.95. The Kier molecular flexibility index (Phi) is 2.86. The van der Waals surface area contributed by atoms with Gasteiger partial charge in [0, 0.05) is 20.3 Å². The standard InChI is InChI=1S/C10H19NO2/c1-12-5-4-10(2-3-10)8-11-9-6-13-7-9/h9,11H,2-8H2,1H3. The SMILES string of the molecule is COCCC1(CNC2COC2)CC1. The third kappa shape index (κ3) is 2.42. The molecule has 2 fully saturated rings. The van der Waals surface area contributed by atoms with Crippen LogP contribution < -0.4 is 5.32 Å². The predicted molar refractivity (Wildman–Crippen MR) is 50.8 cm³/mol. The first-order valence-electron chi connectivity index (χ1n) is 5.15. The zero-order valence-electron chi connectivity index (χ0n) is 8.34. The molecule has 1 aliphatic heterocycles. The van der Waals surface area contributed by atoms with Crippen molar-refractivity contribution in [3.05, 3.63) is 0 Å². The molecule has 0 radical (unpaired) electrons. The van der Waals surface area contributed by atoms with Crippen LogP contribution in [0.5, 0.6) is 0 Å². The molecule has 1 aliphatic carbocycles. The monoisotopic (exact) mass is 185 g/mol. The predicted octanol–water partition coefficient (Wildman–Crippen LogP) is 0.791. The van der Waals surface area contributed by atoms with Gasteiger partial charge in [0.15, 0.2) is 0 Å². The molecule has 1 saturated heterocycles. The van der Waals surface area contributed by atoms with E-state index in [4.69, 9.17) is 9.47 Å². The molecule has 1 saturated carbocycles. The number of hydrogen-bond donors (Lipinski definition) is 1. The van der Waals surface area contributed by atoms with Crippen LogP contribution in [-0.4, -0.2) is 39.5 Å². The smallest absolute Gasteiger partial charge is 0.0643 e. The van der Waals surface area contributed by atoms with Crippen molar-refractivity contribution >= 4 is 0 Å². The lowest BCUT2D eigenvalue weighted by molar-refractivity contribution is -0.00756. The first-order chi connectivity index (χ1) is 6.35. The zero-order chi connectivity index (χ0) is 9.15. The molecule has 0 aromatic carbocycles. The summed E-state index contributed by atoms with van der Waals surface area (Å²) in [5, 5.41) is 3.55. The van der Waals surface area contributed by atoms with E-state index in [1.807, 2.05) is 0 Å². The van der Waals surface area contributed by atoms with Gasteiger partial charge in [0.1, 0.15) is 0 Å². The number of methoxy groups -OCH3 is 1. The largest absolute Gasteiger partial charge is 0.385 e. The number of ether oxygens (including phenoxy) is 2. The zero-order valence-corrected chi connectivity index (χ0v) is 8.34. The number of rotatable bonds is 6. The van der Waals surface area contributed by atoms with Crippen LogP contribution in [0.25, 0.3) is 0 Å². The second-order valence-corrected chi connectivity index (χ2v) is 4.36. The number of hydrogen-bond acceptors (Lipinski definition) is 3. The Hall–Kier alpha value is -0.120. The summed E-state index contributed by atoms with van der Waals surface area (Å²) < 4.78 is 10.2. The van der Waals surface area contributed by atoms with Crippen molar-refractivity contribution < 1.29 is 9.47 Å². The Bertz CT molecular complexity index is 164. The summed E-state index contributed by atoms with van der Waals surface area (Å²) in [6.45, 7) is 3.87. The van der Waals surface area contributed by atoms with Crippen molar-refractivity contribution in [2.75, 3.05) is 33.5 Å². The van der Waals surface area contributed by atoms with Crippen LogP contribution >= 0.6 is 0 Å². The van der Waals surface area contributed by atoms with Gasteiger partial charge in [-0.3, -0.25) is 0 Å². The first-order valence-corrected chi connectivity index (χ1v) is 5.15. The Morgan fingerprint density at radius 1 is 1.46 bits per heavy atom.